The SMILES string of the molecule is Cc1ccc(SCC(=O)NC2CCCCC2)nc1. The zero-order chi connectivity index (χ0) is 12.8. The van der Waals surface area contributed by atoms with Crippen LogP contribution in [0.5, 0.6) is 0 Å². The first-order chi connectivity index (χ1) is 8.74. The number of nitrogens with one attached hydrogen (secondary N) is 1. The third kappa shape index (κ3) is 4.33. The Morgan fingerprint density at radius 3 is 2.83 bits per heavy atom. The molecule has 0 radical (unpaired) electrons. The number of nitrogens with zero attached hydrogens (tertiary/aromatic N) is 1. The van der Waals surface area contributed by atoms with Crippen molar-refractivity contribution in [3.05, 3.63) is 23.9 Å². The molecule has 1 aromatic heterocycles. The molecule has 1 aromatic rings. The van der Waals surface area contributed by atoms with E-state index >= 15 is 0 Å². The smallest absolute Gasteiger partial charge is 0.230 e. The lowest BCUT2D eigenvalue weighted by Crippen LogP contribution is -2.37. The van der Waals surface area contributed by atoms with Gasteiger partial charge in [0.05, 0.1) is 10.8 Å². The van der Waals surface area contributed by atoms with E-state index in [9.17, 15) is 4.79 Å². The van der Waals surface area contributed by atoms with Gasteiger partial charge in [-0.15, -0.1) is 0 Å². The molecule has 1 N–H and O–H groups in total. The molecule has 1 amide bonds. The molecule has 0 unspecified atom stereocenters. The lowest BCUT2D eigenvalue weighted by atomic mass is 9.95. The zero-order valence-corrected chi connectivity index (χ0v) is 11.6. The molecule has 0 aromatic carbocycles. The van der Waals surface area contributed by atoms with Gasteiger partial charge in [0.1, 0.15) is 0 Å². The van der Waals surface area contributed by atoms with E-state index in [0.29, 0.717) is 11.8 Å². The average Bonchev–Trinajstić information content (AvgIpc) is 2.39. The molecule has 0 bridgehead atoms. The van der Waals surface area contributed by atoms with Gasteiger partial charge in [0.2, 0.25) is 5.91 Å². The van der Waals surface area contributed by atoms with Crippen molar-refractivity contribution in [1.29, 1.82) is 0 Å². The molecule has 0 spiro atoms. The number of rotatable bonds is 4. The zero-order valence-electron chi connectivity index (χ0n) is 10.8. The minimum Gasteiger partial charge on any atom is -0.353 e. The van der Waals surface area contributed by atoms with Crippen molar-refractivity contribution in [3.63, 3.8) is 0 Å². The minimum atomic E-state index is 0.134. The molecule has 18 heavy (non-hydrogen) atoms. The van der Waals surface area contributed by atoms with Crippen LogP contribution in [0.1, 0.15) is 37.7 Å². The third-order valence-corrected chi connectivity index (χ3v) is 4.15. The van der Waals surface area contributed by atoms with Gasteiger partial charge in [0.15, 0.2) is 0 Å². The standard InChI is InChI=1S/C14H20N2OS/c1-11-7-8-14(15-9-11)18-10-13(17)16-12-5-3-2-4-6-12/h7-9,12H,2-6,10H2,1H3,(H,16,17). The second-order valence-electron chi connectivity index (χ2n) is 4.86. The lowest BCUT2D eigenvalue weighted by Gasteiger charge is -2.22. The van der Waals surface area contributed by atoms with Gasteiger partial charge in [-0.1, -0.05) is 37.1 Å². The maximum absolute atomic E-state index is 11.8. The van der Waals surface area contributed by atoms with Crippen LogP contribution in [-0.2, 0) is 4.79 Å². The number of carbonyl (C=O) groups excluding carboxylic acids is 1. The third-order valence-electron chi connectivity index (χ3n) is 3.21. The van der Waals surface area contributed by atoms with E-state index in [1.54, 1.807) is 0 Å². The van der Waals surface area contributed by atoms with Crippen molar-refractivity contribution in [2.24, 2.45) is 0 Å². The normalized spacial score (nSPS) is 16.5. The highest BCUT2D eigenvalue weighted by molar-refractivity contribution is 7.99. The predicted molar refractivity (Wildman–Crippen MR) is 74.7 cm³/mol. The van der Waals surface area contributed by atoms with E-state index in [0.717, 1.165) is 23.4 Å². The fraction of sp³-hybridized carbons (Fsp3) is 0.571. The Labute approximate surface area is 113 Å². The summed E-state index contributed by atoms with van der Waals surface area (Å²) in [5, 5.41) is 4.03. The van der Waals surface area contributed by atoms with Crippen LogP contribution in [-0.4, -0.2) is 22.7 Å². The van der Waals surface area contributed by atoms with Gasteiger partial charge in [0.25, 0.3) is 0 Å². The van der Waals surface area contributed by atoms with Crippen molar-refractivity contribution < 1.29 is 4.79 Å². The number of hydrogen-bond donors (Lipinski definition) is 1. The molecule has 1 saturated carbocycles. The van der Waals surface area contributed by atoms with Gasteiger partial charge in [-0.2, -0.15) is 0 Å². The highest BCUT2D eigenvalue weighted by atomic mass is 32.2. The summed E-state index contributed by atoms with van der Waals surface area (Å²) in [4.78, 5) is 16.1. The van der Waals surface area contributed by atoms with Gasteiger partial charge < -0.3 is 5.32 Å². The van der Waals surface area contributed by atoms with E-state index in [-0.39, 0.29) is 5.91 Å². The minimum absolute atomic E-state index is 0.134. The van der Waals surface area contributed by atoms with Gasteiger partial charge in [-0.05, 0) is 31.4 Å². The molecule has 1 fully saturated rings. The summed E-state index contributed by atoms with van der Waals surface area (Å²) in [7, 11) is 0. The summed E-state index contributed by atoms with van der Waals surface area (Å²) >= 11 is 1.50. The van der Waals surface area contributed by atoms with E-state index < -0.39 is 0 Å². The molecule has 98 valence electrons. The number of aromatic nitrogens is 1. The Kier molecular flexibility index (Phi) is 5.05. The average molecular weight is 264 g/mol. The van der Waals surface area contributed by atoms with Crippen LogP contribution in [0.2, 0.25) is 0 Å². The highest BCUT2D eigenvalue weighted by Crippen LogP contribution is 2.18. The molecule has 1 aliphatic rings. The molecule has 1 heterocycles. The quantitative estimate of drug-likeness (QED) is 0.850. The van der Waals surface area contributed by atoms with Crippen molar-refractivity contribution in [1.82, 2.24) is 10.3 Å². The summed E-state index contributed by atoms with van der Waals surface area (Å²) in [5.74, 6) is 0.598. The van der Waals surface area contributed by atoms with Crippen LogP contribution in [0.3, 0.4) is 0 Å². The lowest BCUT2D eigenvalue weighted by molar-refractivity contribution is -0.119. The van der Waals surface area contributed by atoms with Crippen molar-refractivity contribution in [2.75, 3.05) is 5.75 Å². The van der Waals surface area contributed by atoms with Crippen molar-refractivity contribution in [3.8, 4) is 0 Å². The van der Waals surface area contributed by atoms with Gasteiger partial charge in [-0.3, -0.25) is 4.79 Å². The van der Waals surface area contributed by atoms with E-state index in [4.69, 9.17) is 0 Å². The molecule has 1 aliphatic carbocycles. The molecule has 0 atom stereocenters. The van der Waals surface area contributed by atoms with Crippen LogP contribution in [0.4, 0.5) is 0 Å². The maximum atomic E-state index is 11.8. The molecule has 0 aliphatic heterocycles. The predicted octanol–water partition coefficient (Wildman–Crippen LogP) is 2.93. The topological polar surface area (TPSA) is 42.0 Å². The number of thioether (sulfide) groups is 1. The fourth-order valence-electron chi connectivity index (χ4n) is 2.20. The van der Waals surface area contributed by atoms with Crippen LogP contribution in [0, 0.1) is 6.92 Å². The number of hydrogen-bond acceptors (Lipinski definition) is 3. The number of amides is 1. The molecule has 0 saturated heterocycles. The summed E-state index contributed by atoms with van der Waals surface area (Å²) in [6.45, 7) is 2.01. The molecule has 3 nitrogen and oxygen atoms in total. The van der Waals surface area contributed by atoms with Crippen molar-refractivity contribution in [2.45, 2.75) is 50.1 Å². The second-order valence-corrected chi connectivity index (χ2v) is 5.86. The van der Waals surface area contributed by atoms with Gasteiger partial charge >= 0.3 is 0 Å². The van der Waals surface area contributed by atoms with E-state index in [1.165, 1.54) is 31.0 Å². The van der Waals surface area contributed by atoms with E-state index in [1.807, 2.05) is 25.3 Å². The van der Waals surface area contributed by atoms with Crippen LogP contribution < -0.4 is 5.32 Å². The van der Waals surface area contributed by atoms with Gasteiger partial charge in [0, 0.05) is 12.2 Å². The van der Waals surface area contributed by atoms with Crippen LogP contribution in [0.15, 0.2) is 23.4 Å². The highest BCUT2D eigenvalue weighted by Gasteiger charge is 2.15. The Morgan fingerprint density at radius 2 is 2.17 bits per heavy atom. The van der Waals surface area contributed by atoms with Crippen LogP contribution >= 0.6 is 11.8 Å². The molecule has 2 rings (SSSR count). The molecule has 4 heteroatoms. The Bertz CT molecular complexity index is 385. The number of carbonyl (C=O) groups is 1. The fourth-order valence-corrected chi connectivity index (χ4v) is 2.85. The first-order valence-corrected chi connectivity index (χ1v) is 7.57. The Balaban J connectivity index is 1.72. The Hall–Kier alpha value is -1.03. The summed E-state index contributed by atoms with van der Waals surface area (Å²) in [6.07, 6.45) is 7.92. The number of aryl methyl sites for hydroxylation is 1. The summed E-state index contributed by atoms with van der Waals surface area (Å²) in [6, 6.07) is 4.39. The summed E-state index contributed by atoms with van der Waals surface area (Å²) < 4.78 is 0. The maximum Gasteiger partial charge on any atom is 0.230 e. The van der Waals surface area contributed by atoms with Gasteiger partial charge in [-0.25, -0.2) is 4.98 Å². The van der Waals surface area contributed by atoms with E-state index in [2.05, 4.69) is 10.3 Å². The molecular weight excluding hydrogens is 244 g/mol. The monoisotopic (exact) mass is 264 g/mol. The second kappa shape index (κ2) is 6.78. The summed E-state index contributed by atoms with van der Waals surface area (Å²) in [5.41, 5.74) is 1.14. The Morgan fingerprint density at radius 1 is 1.39 bits per heavy atom. The largest absolute Gasteiger partial charge is 0.353 e. The number of pyridine rings is 1. The first-order valence-electron chi connectivity index (χ1n) is 6.59. The molecular formula is C14H20N2OS. The first kappa shape index (κ1) is 13.4. The van der Waals surface area contributed by atoms with Crippen LogP contribution in [0.25, 0.3) is 0 Å². The van der Waals surface area contributed by atoms with Crippen molar-refractivity contribution >= 4 is 17.7 Å².